The largest absolute Gasteiger partial charge is 0.416 e. The van der Waals surface area contributed by atoms with Gasteiger partial charge in [0.1, 0.15) is 18.0 Å². The summed E-state index contributed by atoms with van der Waals surface area (Å²) in [5.41, 5.74) is 0.272. The fourth-order valence-electron chi connectivity index (χ4n) is 2.15. The summed E-state index contributed by atoms with van der Waals surface area (Å²) in [7, 11) is 0. The van der Waals surface area contributed by atoms with Crippen LogP contribution in [-0.4, -0.2) is 15.0 Å². The molecule has 0 aliphatic carbocycles. The Labute approximate surface area is 152 Å². The first-order valence-corrected chi connectivity index (χ1v) is 7.88. The molecule has 5 nitrogen and oxygen atoms in total. The second-order valence-corrected chi connectivity index (χ2v) is 5.73. The topological polar surface area (TPSA) is 62.7 Å². The SMILES string of the molecule is FC(F)(F)c1ccc(Cl)c(Nc2cc(NCc3cccnc3)ncn2)c1. The average molecular weight is 380 g/mol. The van der Waals surface area contributed by atoms with Gasteiger partial charge in [-0.2, -0.15) is 13.2 Å². The van der Waals surface area contributed by atoms with Crippen molar-refractivity contribution in [2.75, 3.05) is 10.6 Å². The van der Waals surface area contributed by atoms with Crippen LogP contribution in [0.25, 0.3) is 0 Å². The van der Waals surface area contributed by atoms with Crippen molar-refractivity contribution in [1.82, 2.24) is 15.0 Å². The first-order chi connectivity index (χ1) is 12.4. The van der Waals surface area contributed by atoms with Crippen molar-refractivity contribution in [3.05, 3.63) is 71.3 Å². The Morgan fingerprint density at radius 1 is 1.04 bits per heavy atom. The minimum absolute atomic E-state index is 0.110. The predicted octanol–water partition coefficient (Wildman–Crippen LogP) is 4.90. The third-order valence-electron chi connectivity index (χ3n) is 3.42. The molecule has 0 unspecified atom stereocenters. The molecule has 3 aromatic rings. The van der Waals surface area contributed by atoms with E-state index in [1.54, 1.807) is 18.5 Å². The zero-order chi connectivity index (χ0) is 18.6. The number of rotatable bonds is 5. The molecule has 0 saturated heterocycles. The van der Waals surface area contributed by atoms with Crippen molar-refractivity contribution < 1.29 is 13.2 Å². The number of halogens is 4. The van der Waals surface area contributed by atoms with Gasteiger partial charge in [-0.1, -0.05) is 17.7 Å². The summed E-state index contributed by atoms with van der Waals surface area (Å²) in [6, 6.07) is 8.35. The fraction of sp³-hybridized carbons (Fsp3) is 0.118. The zero-order valence-corrected chi connectivity index (χ0v) is 14.0. The van der Waals surface area contributed by atoms with Crippen molar-refractivity contribution in [1.29, 1.82) is 0 Å². The monoisotopic (exact) mass is 379 g/mol. The average Bonchev–Trinajstić information content (AvgIpc) is 2.62. The summed E-state index contributed by atoms with van der Waals surface area (Å²) in [5, 5.41) is 6.04. The molecule has 1 aromatic carbocycles. The van der Waals surface area contributed by atoms with Crippen molar-refractivity contribution in [3.8, 4) is 0 Å². The van der Waals surface area contributed by atoms with Gasteiger partial charge in [-0.3, -0.25) is 4.98 Å². The van der Waals surface area contributed by atoms with E-state index in [1.165, 1.54) is 12.4 Å². The smallest absolute Gasteiger partial charge is 0.366 e. The normalized spacial score (nSPS) is 11.2. The van der Waals surface area contributed by atoms with Gasteiger partial charge in [0.2, 0.25) is 0 Å². The van der Waals surface area contributed by atoms with E-state index in [-0.39, 0.29) is 10.7 Å². The van der Waals surface area contributed by atoms with Crippen LogP contribution in [0.15, 0.2) is 55.1 Å². The van der Waals surface area contributed by atoms with Crippen molar-refractivity contribution >= 4 is 28.9 Å². The van der Waals surface area contributed by atoms with Gasteiger partial charge in [0.05, 0.1) is 16.3 Å². The Kier molecular flexibility index (Phi) is 5.22. The minimum Gasteiger partial charge on any atom is -0.366 e. The van der Waals surface area contributed by atoms with Gasteiger partial charge in [0.25, 0.3) is 0 Å². The number of hydrogen-bond donors (Lipinski definition) is 2. The van der Waals surface area contributed by atoms with Gasteiger partial charge in [-0.25, -0.2) is 9.97 Å². The number of alkyl halides is 3. The molecular formula is C17H13ClF3N5. The van der Waals surface area contributed by atoms with Crippen LogP contribution in [0.2, 0.25) is 5.02 Å². The Morgan fingerprint density at radius 3 is 2.58 bits per heavy atom. The van der Waals surface area contributed by atoms with Crippen molar-refractivity contribution in [2.24, 2.45) is 0 Å². The fourth-order valence-corrected chi connectivity index (χ4v) is 2.32. The van der Waals surface area contributed by atoms with E-state index in [1.807, 2.05) is 12.1 Å². The number of nitrogens with one attached hydrogen (secondary N) is 2. The van der Waals surface area contributed by atoms with Gasteiger partial charge in [-0.05, 0) is 29.8 Å². The first-order valence-electron chi connectivity index (χ1n) is 7.50. The molecule has 0 bridgehead atoms. The van der Waals surface area contributed by atoms with E-state index in [0.717, 1.165) is 17.7 Å². The maximum atomic E-state index is 12.9. The lowest BCUT2D eigenvalue weighted by Crippen LogP contribution is -2.06. The van der Waals surface area contributed by atoms with Crippen LogP contribution in [0.3, 0.4) is 0 Å². The minimum atomic E-state index is -4.46. The summed E-state index contributed by atoms with van der Waals surface area (Å²) < 4.78 is 38.6. The van der Waals surface area contributed by atoms with Crippen molar-refractivity contribution in [3.63, 3.8) is 0 Å². The van der Waals surface area contributed by atoms with Gasteiger partial charge in [-0.15, -0.1) is 0 Å². The Morgan fingerprint density at radius 2 is 1.85 bits per heavy atom. The highest BCUT2D eigenvalue weighted by Gasteiger charge is 2.31. The first kappa shape index (κ1) is 17.9. The second-order valence-electron chi connectivity index (χ2n) is 5.32. The molecule has 134 valence electrons. The Balaban J connectivity index is 1.75. The van der Waals surface area contributed by atoms with E-state index in [0.29, 0.717) is 18.2 Å². The van der Waals surface area contributed by atoms with Crippen LogP contribution in [0, 0.1) is 0 Å². The van der Waals surface area contributed by atoms with E-state index in [9.17, 15) is 13.2 Å². The summed E-state index contributed by atoms with van der Waals surface area (Å²) in [6.07, 6.45) is 0.239. The highest BCUT2D eigenvalue weighted by Crippen LogP contribution is 2.34. The molecule has 3 rings (SSSR count). The standard InChI is InChI=1S/C17H13ClF3N5/c18-13-4-3-12(17(19,20)21)6-14(13)26-16-7-15(24-10-25-16)23-9-11-2-1-5-22-8-11/h1-8,10H,9H2,(H2,23,24,25,26). The van der Waals surface area contributed by atoms with Gasteiger partial charge < -0.3 is 10.6 Å². The molecule has 2 heterocycles. The van der Waals surface area contributed by atoms with E-state index in [2.05, 4.69) is 25.6 Å². The van der Waals surface area contributed by atoms with Crippen LogP contribution in [-0.2, 0) is 12.7 Å². The van der Waals surface area contributed by atoms with Gasteiger partial charge >= 0.3 is 6.18 Å². The van der Waals surface area contributed by atoms with E-state index in [4.69, 9.17) is 11.6 Å². The molecule has 0 atom stereocenters. The van der Waals surface area contributed by atoms with Crippen LogP contribution in [0.5, 0.6) is 0 Å². The van der Waals surface area contributed by atoms with E-state index >= 15 is 0 Å². The number of hydrogen-bond acceptors (Lipinski definition) is 5. The van der Waals surface area contributed by atoms with Crippen LogP contribution < -0.4 is 10.6 Å². The van der Waals surface area contributed by atoms with Crippen LogP contribution in [0.4, 0.5) is 30.5 Å². The lowest BCUT2D eigenvalue weighted by Gasteiger charge is -2.12. The summed E-state index contributed by atoms with van der Waals surface area (Å²) in [4.78, 5) is 12.1. The highest BCUT2D eigenvalue weighted by atomic mass is 35.5. The molecule has 26 heavy (non-hydrogen) atoms. The Hall–Kier alpha value is -2.87. The molecule has 0 spiro atoms. The number of anilines is 3. The number of aromatic nitrogens is 3. The molecule has 0 saturated carbocycles. The molecule has 0 radical (unpaired) electrons. The number of nitrogens with zero attached hydrogens (tertiary/aromatic N) is 3. The maximum absolute atomic E-state index is 12.9. The number of benzene rings is 1. The third-order valence-corrected chi connectivity index (χ3v) is 3.75. The van der Waals surface area contributed by atoms with Gasteiger partial charge in [0.15, 0.2) is 0 Å². The molecule has 0 aliphatic rings. The Bertz CT molecular complexity index is 887. The number of pyridine rings is 1. The van der Waals surface area contributed by atoms with Gasteiger partial charge in [0, 0.05) is 25.0 Å². The van der Waals surface area contributed by atoms with E-state index < -0.39 is 11.7 Å². The molecule has 0 aliphatic heterocycles. The second kappa shape index (κ2) is 7.57. The molecular weight excluding hydrogens is 367 g/mol. The quantitative estimate of drug-likeness (QED) is 0.660. The maximum Gasteiger partial charge on any atom is 0.416 e. The lowest BCUT2D eigenvalue weighted by molar-refractivity contribution is -0.137. The van der Waals surface area contributed by atoms with Crippen LogP contribution >= 0.6 is 11.6 Å². The summed E-state index contributed by atoms with van der Waals surface area (Å²) in [6.45, 7) is 0.495. The summed E-state index contributed by atoms with van der Waals surface area (Å²) in [5.74, 6) is 0.823. The van der Waals surface area contributed by atoms with Crippen molar-refractivity contribution in [2.45, 2.75) is 12.7 Å². The van der Waals surface area contributed by atoms with Crippen LogP contribution in [0.1, 0.15) is 11.1 Å². The molecule has 2 N–H and O–H groups in total. The molecule has 0 fully saturated rings. The molecule has 9 heteroatoms. The highest BCUT2D eigenvalue weighted by molar-refractivity contribution is 6.33. The predicted molar refractivity (Wildman–Crippen MR) is 93.3 cm³/mol. The zero-order valence-electron chi connectivity index (χ0n) is 13.3. The molecule has 0 amide bonds. The lowest BCUT2D eigenvalue weighted by atomic mass is 10.2. The third kappa shape index (κ3) is 4.60. The summed E-state index contributed by atoms with van der Waals surface area (Å²) >= 11 is 5.98. The molecule has 2 aromatic heterocycles.